The molecule has 1 aliphatic heterocycles. The number of amides is 1. The quantitative estimate of drug-likeness (QED) is 0.890. The van der Waals surface area contributed by atoms with Crippen LogP contribution in [0.1, 0.15) is 24.2 Å². The summed E-state index contributed by atoms with van der Waals surface area (Å²) in [6.45, 7) is 4.39. The van der Waals surface area contributed by atoms with Gasteiger partial charge in [0, 0.05) is 20.7 Å². The van der Waals surface area contributed by atoms with Gasteiger partial charge in [0.2, 0.25) is 5.95 Å². The Morgan fingerprint density at radius 2 is 1.95 bits per heavy atom. The molecule has 19 heavy (non-hydrogen) atoms. The summed E-state index contributed by atoms with van der Waals surface area (Å²) in [7, 11) is 3.78. The Bertz CT molecular complexity index is 459. The number of nitrogens with zero attached hydrogens (tertiary/aromatic N) is 3. The van der Waals surface area contributed by atoms with Gasteiger partial charge in [-0.2, -0.15) is 0 Å². The molecule has 2 rings (SSSR count). The zero-order valence-electron chi connectivity index (χ0n) is 11.9. The van der Waals surface area contributed by atoms with Gasteiger partial charge in [0.15, 0.2) is 0 Å². The summed E-state index contributed by atoms with van der Waals surface area (Å²) in [5.41, 5.74) is 2.22. The highest BCUT2D eigenvalue weighted by Gasteiger charge is 2.24. The monoisotopic (exact) mass is 264 g/mol. The van der Waals surface area contributed by atoms with Crippen LogP contribution in [0.5, 0.6) is 0 Å². The number of hydrogen-bond donors (Lipinski definition) is 1. The minimum absolute atomic E-state index is 0.107. The van der Waals surface area contributed by atoms with Crippen molar-refractivity contribution in [3.05, 3.63) is 11.4 Å². The van der Waals surface area contributed by atoms with Crippen molar-refractivity contribution in [1.82, 2.24) is 9.97 Å². The zero-order chi connectivity index (χ0) is 14.0. The molecule has 1 aromatic rings. The molecule has 1 N–H and O–H groups in total. The van der Waals surface area contributed by atoms with E-state index in [1.54, 1.807) is 0 Å². The highest BCUT2D eigenvalue weighted by atomic mass is 16.5. The number of ether oxygens (including phenoxy) is 1. The molecule has 1 aliphatic rings. The predicted molar refractivity (Wildman–Crippen MR) is 73.4 cm³/mol. The number of carbonyl (C=O) groups excluding carboxylic acids is 1. The van der Waals surface area contributed by atoms with Gasteiger partial charge in [-0.05, 0) is 26.7 Å². The highest BCUT2D eigenvalue weighted by Crippen LogP contribution is 2.21. The highest BCUT2D eigenvalue weighted by molar-refractivity contribution is 5.95. The standard InChI is InChI=1S/C13H20N4O2/c1-8-11(9(2)15-13(14-8)17(3)4)16-12(18)10-6-5-7-19-10/h10H,5-7H2,1-4H3,(H,16,18). The Morgan fingerprint density at radius 1 is 1.32 bits per heavy atom. The maximum Gasteiger partial charge on any atom is 0.253 e. The molecular weight excluding hydrogens is 244 g/mol. The predicted octanol–water partition coefficient (Wildman–Crippen LogP) is 1.28. The van der Waals surface area contributed by atoms with E-state index in [9.17, 15) is 4.79 Å². The third kappa shape index (κ3) is 3.01. The molecule has 6 nitrogen and oxygen atoms in total. The largest absolute Gasteiger partial charge is 0.368 e. The first-order valence-electron chi connectivity index (χ1n) is 6.44. The van der Waals surface area contributed by atoms with Crippen molar-refractivity contribution < 1.29 is 9.53 Å². The van der Waals surface area contributed by atoms with Crippen LogP contribution in [-0.4, -0.2) is 42.7 Å². The van der Waals surface area contributed by atoms with Crippen LogP contribution in [0.4, 0.5) is 11.6 Å². The third-order valence-electron chi connectivity index (χ3n) is 3.13. The van der Waals surface area contributed by atoms with Gasteiger partial charge in [0.25, 0.3) is 5.91 Å². The fraction of sp³-hybridized carbons (Fsp3) is 0.615. The molecule has 0 bridgehead atoms. The van der Waals surface area contributed by atoms with Gasteiger partial charge in [0.1, 0.15) is 6.10 Å². The zero-order valence-corrected chi connectivity index (χ0v) is 11.9. The fourth-order valence-electron chi connectivity index (χ4n) is 2.07. The summed E-state index contributed by atoms with van der Waals surface area (Å²) in [5, 5.41) is 2.88. The molecule has 0 aromatic carbocycles. The number of aromatic nitrogens is 2. The SMILES string of the molecule is Cc1nc(N(C)C)nc(C)c1NC(=O)C1CCCO1. The average molecular weight is 264 g/mol. The molecule has 1 fully saturated rings. The van der Waals surface area contributed by atoms with Crippen molar-refractivity contribution in [3.63, 3.8) is 0 Å². The Hall–Kier alpha value is -1.69. The summed E-state index contributed by atoms with van der Waals surface area (Å²) >= 11 is 0. The number of anilines is 2. The molecule has 104 valence electrons. The first-order valence-corrected chi connectivity index (χ1v) is 6.44. The smallest absolute Gasteiger partial charge is 0.253 e. The number of aryl methyl sites for hydroxylation is 2. The molecule has 0 saturated carbocycles. The van der Waals surface area contributed by atoms with Gasteiger partial charge < -0.3 is 15.0 Å². The van der Waals surface area contributed by atoms with Crippen molar-refractivity contribution in [1.29, 1.82) is 0 Å². The Balaban J connectivity index is 2.18. The van der Waals surface area contributed by atoms with Gasteiger partial charge in [-0.3, -0.25) is 4.79 Å². The molecule has 1 saturated heterocycles. The van der Waals surface area contributed by atoms with Crippen LogP contribution in [0, 0.1) is 13.8 Å². The van der Waals surface area contributed by atoms with Gasteiger partial charge >= 0.3 is 0 Å². The third-order valence-corrected chi connectivity index (χ3v) is 3.13. The van der Waals surface area contributed by atoms with Gasteiger partial charge in [-0.25, -0.2) is 9.97 Å². The molecule has 6 heteroatoms. The topological polar surface area (TPSA) is 67.4 Å². The Labute approximate surface area is 113 Å². The second-order valence-corrected chi connectivity index (χ2v) is 4.95. The second kappa shape index (κ2) is 5.52. The van der Waals surface area contributed by atoms with Crippen LogP contribution in [-0.2, 0) is 9.53 Å². The van der Waals surface area contributed by atoms with Crippen LogP contribution >= 0.6 is 0 Å². The average Bonchev–Trinajstić information content (AvgIpc) is 2.86. The number of carbonyl (C=O) groups is 1. The van der Waals surface area contributed by atoms with Crippen LogP contribution in [0.25, 0.3) is 0 Å². The Morgan fingerprint density at radius 3 is 2.42 bits per heavy atom. The van der Waals surface area contributed by atoms with E-state index in [0.717, 1.165) is 24.2 Å². The lowest BCUT2D eigenvalue weighted by Gasteiger charge is -2.17. The van der Waals surface area contributed by atoms with E-state index < -0.39 is 0 Å². The van der Waals surface area contributed by atoms with E-state index in [1.807, 2.05) is 32.8 Å². The minimum atomic E-state index is -0.340. The van der Waals surface area contributed by atoms with E-state index in [2.05, 4.69) is 15.3 Å². The first kappa shape index (κ1) is 13.7. The first-order chi connectivity index (χ1) is 8.99. The van der Waals surface area contributed by atoms with E-state index in [0.29, 0.717) is 18.2 Å². The van der Waals surface area contributed by atoms with Crippen LogP contribution in [0.2, 0.25) is 0 Å². The Kier molecular flexibility index (Phi) is 3.99. The maximum absolute atomic E-state index is 12.0. The fourth-order valence-corrected chi connectivity index (χ4v) is 2.07. The summed E-state index contributed by atoms with van der Waals surface area (Å²) in [6, 6.07) is 0. The molecule has 0 radical (unpaired) electrons. The molecule has 1 amide bonds. The van der Waals surface area contributed by atoms with Gasteiger partial charge in [-0.15, -0.1) is 0 Å². The molecule has 1 unspecified atom stereocenters. The summed E-state index contributed by atoms with van der Waals surface area (Å²) < 4.78 is 5.37. The molecule has 0 aliphatic carbocycles. The number of rotatable bonds is 3. The summed E-state index contributed by atoms with van der Waals surface area (Å²) in [4.78, 5) is 22.6. The van der Waals surface area contributed by atoms with E-state index >= 15 is 0 Å². The van der Waals surface area contributed by atoms with Gasteiger partial charge in [0.05, 0.1) is 17.1 Å². The van der Waals surface area contributed by atoms with E-state index in [4.69, 9.17) is 4.74 Å². The van der Waals surface area contributed by atoms with Crippen molar-refractivity contribution in [2.75, 3.05) is 30.9 Å². The molecule has 2 heterocycles. The normalized spacial score (nSPS) is 18.4. The number of hydrogen-bond acceptors (Lipinski definition) is 5. The summed E-state index contributed by atoms with van der Waals surface area (Å²) in [6.07, 6.45) is 1.37. The lowest BCUT2D eigenvalue weighted by Crippen LogP contribution is -2.28. The van der Waals surface area contributed by atoms with Crippen LogP contribution in [0.3, 0.4) is 0 Å². The van der Waals surface area contributed by atoms with Crippen molar-refractivity contribution in [2.45, 2.75) is 32.8 Å². The molecular formula is C13H20N4O2. The van der Waals surface area contributed by atoms with Crippen LogP contribution < -0.4 is 10.2 Å². The summed E-state index contributed by atoms with van der Waals surface area (Å²) in [5.74, 6) is 0.537. The van der Waals surface area contributed by atoms with Crippen molar-refractivity contribution >= 4 is 17.5 Å². The molecule has 1 atom stereocenters. The van der Waals surface area contributed by atoms with Crippen molar-refractivity contribution in [2.24, 2.45) is 0 Å². The maximum atomic E-state index is 12.0. The van der Waals surface area contributed by atoms with Crippen molar-refractivity contribution in [3.8, 4) is 0 Å². The minimum Gasteiger partial charge on any atom is -0.368 e. The number of nitrogens with one attached hydrogen (secondary N) is 1. The lowest BCUT2D eigenvalue weighted by molar-refractivity contribution is -0.124. The van der Waals surface area contributed by atoms with E-state index in [-0.39, 0.29) is 12.0 Å². The molecule has 1 aromatic heterocycles. The molecule has 0 spiro atoms. The van der Waals surface area contributed by atoms with Crippen LogP contribution in [0.15, 0.2) is 0 Å². The van der Waals surface area contributed by atoms with E-state index in [1.165, 1.54) is 0 Å². The second-order valence-electron chi connectivity index (χ2n) is 4.95. The lowest BCUT2D eigenvalue weighted by atomic mass is 10.2. The van der Waals surface area contributed by atoms with Gasteiger partial charge in [-0.1, -0.05) is 0 Å².